The van der Waals surface area contributed by atoms with Gasteiger partial charge in [0.1, 0.15) is 0 Å². The van der Waals surface area contributed by atoms with E-state index in [1.54, 1.807) is 0 Å². The molecule has 5 heteroatoms. The molecule has 1 aromatic carbocycles. The molecular weight excluding hydrogens is 550 g/mol. The zero-order valence-electron chi connectivity index (χ0n) is 16.7. The summed E-state index contributed by atoms with van der Waals surface area (Å²) < 4.78 is 2.17. The van der Waals surface area contributed by atoms with E-state index in [0.29, 0.717) is 0 Å². The molecule has 0 unspecified atom stereocenters. The summed E-state index contributed by atoms with van der Waals surface area (Å²) in [4.78, 5) is 12.7. The van der Waals surface area contributed by atoms with Gasteiger partial charge in [-0.15, -0.1) is 0 Å². The van der Waals surface area contributed by atoms with Crippen molar-refractivity contribution in [2.75, 3.05) is 5.32 Å². The smallest absolute Gasteiger partial charge is 0.256 e. The number of carbonyl (C=O) groups is 1. The van der Waals surface area contributed by atoms with Crippen molar-refractivity contribution in [3.63, 3.8) is 0 Å². The van der Waals surface area contributed by atoms with Crippen molar-refractivity contribution in [2.24, 2.45) is 7.05 Å². The standard InChI is InChI=1S/C21H26N2O.I2/c1-10-11(2)15(6)20-19(14(10)5)17(21(24)22-20)9-18-13(4)12(3)16(7)23(18)8;1-2/h9H,1-8H3,(H,22,24);. The molecule has 1 N–H and O–H groups in total. The summed E-state index contributed by atoms with van der Waals surface area (Å²) in [6, 6.07) is 0. The molecule has 0 saturated heterocycles. The summed E-state index contributed by atoms with van der Waals surface area (Å²) in [5.74, 6) is -0.00268. The fourth-order valence-electron chi connectivity index (χ4n) is 3.73. The lowest BCUT2D eigenvalue weighted by molar-refractivity contribution is -0.110. The van der Waals surface area contributed by atoms with Crippen LogP contribution in [0.2, 0.25) is 0 Å². The largest absolute Gasteiger partial charge is 0.348 e. The Bertz CT molecular complexity index is 911. The first kappa shape index (κ1) is 21.5. The van der Waals surface area contributed by atoms with Gasteiger partial charge in [-0.25, -0.2) is 0 Å². The van der Waals surface area contributed by atoms with Crippen molar-refractivity contribution in [3.05, 3.63) is 50.3 Å². The number of hydrogen-bond donors (Lipinski definition) is 1. The Kier molecular flexibility index (Phi) is 6.64. The Hall–Kier alpha value is -0.830. The van der Waals surface area contributed by atoms with Crippen molar-refractivity contribution < 1.29 is 4.79 Å². The Labute approximate surface area is 180 Å². The minimum absolute atomic E-state index is 0.00268. The van der Waals surface area contributed by atoms with E-state index in [2.05, 4.69) is 109 Å². The van der Waals surface area contributed by atoms with Gasteiger partial charge in [0, 0.05) is 61.2 Å². The molecule has 0 fully saturated rings. The van der Waals surface area contributed by atoms with Gasteiger partial charge in [0.15, 0.2) is 0 Å². The van der Waals surface area contributed by atoms with Crippen LogP contribution in [0.25, 0.3) is 11.6 Å². The first-order valence-corrected chi connectivity index (χ1v) is 14.9. The Morgan fingerprint density at radius 1 is 0.808 bits per heavy atom. The number of halogens is 2. The van der Waals surface area contributed by atoms with Crippen LogP contribution in [0.3, 0.4) is 0 Å². The van der Waals surface area contributed by atoms with Crippen LogP contribution in [0.4, 0.5) is 5.69 Å². The van der Waals surface area contributed by atoms with Crippen LogP contribution in [0.5, 0.6) is 0 Å². The van der Waals surface area contributed by atoms with E-state index in [9.17, 15) is 4.79 Å². The monoisotopic (exact) mass is 576 g/mol. The van der Waals surface area contributed by atoms with Gasteiger partial charge in [-0.05, 0) is 87.9 Å². The van der Waals surface area contributed by atoms with Crippen molar-refractivity contribution in [1.82, 2.24) is 4.57 Å². The van der Waals surface area contributed by atoms with Crippen LogP contribution in [0, 0.1) is 48.5 Å². The SMILES string of the molecule is Cc1c(C)c(C)c2c(c1C)NC(=O)C2=Cc1c(C)c(C)c(C)n1C.II. The molecule has 1 aliphatic heterocycles. The van der Waals surface area contributed by atoms with Gasteiger partial charge < -0.3 is 9.88 Å². The summed E-state index contributed by atoms with van der Waals surface area (Å²) in [5, 5.41) is 3.09. The van der Waals surface area contributed by atoms with E-state index in [4.69, 9.17) is 0 Å². The van der Waals surface area contributed by atoms with Gasteiger partial charge in [0.05, 0.1) is 11.3 Å². The number of fused-ring (bicyclic) bond motifs is 1. The van der Waals surface area contributed by atoms with Crippen molar-refractivity contribution in [1.29, 1.82) is 0 Å². The molecule has 2 heterocycles. The molecule has 0 bridgehead atoms. The van der Waals surface area contributed by atoms with Crippen LogP contribution < -0.4 is 5.32 Å². The van der Waals surface area contributed by atoms with Gasteiger partial charge in [0.2, 0.25) is 0 Å². The van der Waals surface area contributed by atoms with E-state index in [-0.39, 0.29) is 5.91 Å². The predicted molar refractivity (Wildman–Crippen MR) is 130 cm³/mol. The number of carbonyl (C=O) groups excluding carboxylic acids is 1. The van der Waals surface area contributed by atoms with Gasteiger partial charge in [-0.1, -0.05) is 0 Å². The molecule has 1 aromatic heterocycles. The topological polar surface area (TPSA) is 34.0 Å². The average molecular weight is 576 g/mol. The molecule has 0 radical (unpaired) electrons. The van der Waals surface area contributed by atoms with Gasteiger partial charge in [-0.2, -0.15) is 0 Å². The fraction of sp³-hybridized carbons (Fsp3) is 0.381. The predicted octanol–water partition coefficient (Wildman–Crippen LogP) is 6.45. The number of nitrogens with zero attached hydrogens (tertiary/aromatic N) is 1. The highest BCUT2D eigenvalue weighted by Gasteiger charge is 2.30. The molecule has 0 aliphatic carbocycles. The zero-order chi connectivity index (χ0) is 19.9. The fourth-order valence-corrected chi connectivity index (χ4v) is 3.73. The van der Waals surface area contributed by atoms with Crippen LogP contribution >= 0.6 is 37.2 Å². The Balaban J connectivity index is 0.00000117. The van der Waals surface area contributed by atoms with E-state index < -0.39 is 0 Å². The molecule has 2 aromatic rings. The summed E-state index contributed by atoms with van der Waals surface area (Å²) >= 11 is 4.24. The molecule has 3 rings (SSSR count). The maximum atomic E-state index is 12.7. The molecule has 0 saturated carbocycles. The second-order valence-electron chi connectivity index (χ2n) is 7.04. The number of amides is 1. The third-order valence-electron chi connectivity index (χ3n) is 6.07. The average Bonchev–Trinajstić information content (AvgIpc) is 3.05. The lowest BCUT2D eigenvalue weighted by atomic mass is 9.90. The van der Waals surface area contributed by atoms with E-state index in [1.807, 2.05) is 0 Å². The third kappa shape index (κ3) is 3.25. The summed E-state index contributed by atoms with van der Waals surface area (Å²) in [6.45, 7) is 14.9. The second kappa shape index (κ2) is 8.04. The Morgan fingerprint density at radius 2 is 1.35 bits per heavy atom. The highest BCUT2D eigenvalue weighted by Crippen LogP contribution is 2.41. The Morgan fingerprint density at radius 3 is 1.85 bits per heavy atom. The molecule has 1 amide bonds. The van der Waals surface area contributed by atoms with Gasteiger partial charge in [-0.3, -0.25) is 4.79 Å². The van der Waals surface area contributed by atoms with E-state index in [0.717, 1.165) is 22.5 Å². The maximum Gasteiger partial charge on any atom is 0.256 e. The molecule has 140 valence electrons. The molecule has 1 aliphatic rings. The molecule has 26 heavy (non-hydrogen) atoms. The van der Waals surface area contributed by atoms with E-state index >= 15 is 0 Å². The highest BCUT2D eigenvalue weighted by atomic mass is 128. The summed E-state index contributed by atoms with van der Waals surface area (Å²) in [6.07, 6.45) is 2.05. The second-order valence-corrected chi connectivity index (χ2v) is 7.04. The van der Waals surface area contributed by atoms with Crippen LogP contribution in [-0.2, 0) is 11.8 Å². The maximum absolute atomic E-state index is 12.7. The van der Waals surface area contributed by atoms with E-state index in [1.165, 1.54) is 39.1 Å². The number of anilines is 1. The van der Waals surface area contributed by atoms with Gasteiger partial charge >= 0.3 is 0 Å². The number of nitrogens with one attached hydrogen (secondary N) is 1. The quantitative estimate of drug-likeness (QED) is 0.308. The van der Waals surface area contributed by atoms with Crippen LogP contribution in [0.1, 0.15) is 50.3 Å². The van der Waals surface area contributed by atoms with Crippen molar-refractivity contribution >= 4 is 60.5 Å². The zero-order valence-corrected chi connectivity index (χ0v) is 21.0. The summed E-state index contributed by atoms with van der Waals surface area (Å²) in [7, 11) is 2.06. The number of hydrogen-bond acceptors (Lipinski definition) is 1. The molecule has 0 spiro atoms. The number of benzene rings is 1. The minimum Gasteiger partial charge on any atom is -0.348 e. The van der Waals surface area contributed by atoms with Crippen molar-refractivity contribution in [3.8, 4) is 0 Å². The number of rotatable bonds is 1. The van der Waals surface area contributed by atoms with Crippen LogP contribution in [0.15, 0.2) is 0 Å². The van der Waals surface area contributed by atoms with Crippen molar-refractivity contribution in [2.45, 2.75) is 48.5 Å². The first-order valence-electron chi connectivity index (χ1n) is 8.57. The first-order chi connectivity index (χ1) is 12.2. The third-order valence-corrected chi connectivity index (χ3v) is 6.07. The molecule has 3 nitrogen and oxygen atoms in total. The van der Waals surface area contributed by atoms with Gasteiger partial charge in [0.25, 0.3) is 5.91 Å². The minimum atomic E-state index is -0.00268. The number of aromatic nitrogens is 1. The normalized spacial score (nSPS) is 14.2. The molecular formula is C21H26I2N2O. The lowest BCUT2D eigenvalue weighted by Gasteiger charge is -2.15. The van der Waals surface area contributed by atoms with Crippen LogP contribution in [-0.4, -0.2) is 10.5 Å². The molecule has 0 atom stereocenters. The highest BCUT2D eigenvalue weighted by molar-refractivity contribution is 15.0. The summed E-state index contributed by atoms with van der Waals surface area (Å²) in [5.41, 5.74) is 12.6. The lowest BCUT2D eigenvalue weighted by Crippen LogP contribution is -2.05.